The summed E-state index contributed by atoms with van der Waals surface area (Å²) in [6.07, 6.45) is 0.978. The lowest BCUT2D eigenvalue weighted by molar-refractivity contribution is -0.120. The number of rotatable bonds is 9. The van der Waals surface area contributed by atoms with E-state index in [1.807, 2.05) is 6.92 Å². The highest BCUT2D eigenvalue weighted by Gasteiger charge is 2.15. The Hall–Kier alpha value is -3.01. The fourth-order valence-corrected chi connectivity index (χ4v) is 5.92. The minimum atomic E-state index is -3.58. The number of amides is 1. The van der Waals surface area contributed by atoms with Crippen molar-refractivity contribution in [3.63, 3.8) is 0 Å². The molecule has 0 aliphatic heterocycles. The largest absolute Gasteiger partial charge is 0.355 e. The maximum absolute atomic E-state index is 12.3. The van der Waals surface area contributed by atoms with Crippen molar-refractivity contribution in [2.45, 2.75) is 24.0 Å². The highest BCUT2D eigenvalue weighted by molar-refractivity contribution is 7.94. The van der Waals surface area contributed by atoms with Crippen LogP contribution in [0.25, 0.3) is 11.3 Å². The molecule has 0 fully saturated rings. The lowest BCUT2D eigenvalue weighted by atomic mass is 10.1. The quantitative estimate of drug-likeness (QED) is 0.345. The Morgan fingerprint density at radius 2 is 1.70 bits per heavy atom. The van der Waals surface area contributed by atoms with E-state index in [0.717, 1.165) is 45.1 Å². The van der Waals surface area contributed by atoms with Crippen molar-refractivity contribution in [1.82, 2.24) is 10.3 Å². The molecule has 0 unspecified atom stereocenters. The Bertz CT molecular complexity index is 1310. The van der Waals surface area contributed by atoms with Crippen LogP contribution in [0.4, 0.5) is 5.69 Å². The molecule has 0 spiro atoms. The first kappa shape index (κ1) is 23.2. The molecule has 2 N–H and O–H groups in total. The number of nitrogens with zero attached hydrogens (tertiary/aromatic N) is 1. The first-order valence-electron chi connectivity index (χ1n) is 10.3. The van der Waals surface area contributed by atoms with Crippen LogP contribution in [0.1, 0.15) is 16.1 Å². The third-order valence-corrected chi connectivity index (χ3v) is 8.49. The lowest BCUT2D eigenvalue weighted by Gasteiger charge is -2.08. The number of carbonyl (C=O) groups excluding carboxylic acids is 1. The molecule has 0 atom stereocenters. The van der Waals surface area contributed by atoms with Crippen LogP contribution in [-0.4, -0.2) is 25.9 Å². The number of thiophene rings is 1. The second-order valence-electron chi connectivity index (χ2n) is 7.46. The summed E-state index contributed by atoms with van der Waals surface area (Å²) >= 11 is 2.80. The molecule has 2 aromatic carbocycles. The summed E-state index contributed by atoms with van der Waals surface area (Å²) in [7, 11) is -3.58. The van der Waals surface area contributed by atoms with Crippen molar-refractivity contribution in [2.75, 3.05) is 11.3 Å². The number of hydrogen-bond acceptors (Lipinski definition) is 6. The second kappa shape index (κ2) is 10.3. The summed E-state index contributed by atoms with van der Waals surface area (Å²) in [6, 6.07) is 18.3. The Labute approximate surface area is 201 Å². The van der Waals surface area contributed by atoms with Crippen LogP contribution in [0.5, 0.6) is 0 Å². The number of hydrogen-bond donors (Lipinski definition) is 2. The molecule has 9 heteroatoms. The number of anilines is 1. The lowest BCUT2D eigenvalue weighted by Crippen LogP contribution is -2.27. The minimum Gasteiger partial charge on any atom is -0.355 e. The summed E-state index contributed by atoms with van der Waals surface area (Å²) in [4.78, 5) is 16.8. The van der Waals surface area contributed by atoms with Gasteiger partial charge in [0.2, 0.25) is 5.91 Å². The molecule has 0 saturated heterocycles. The van der Waals surface area contributed by atoms with Gasteiger partial charge in [-0.3, -0.25) is 9.52 Å². The number of aromatic nitrogens is 1. The van der Waals surface area contributed by atoms with Crippen LogP contribution in [-0.2, 0) is 27.7 Å². The van der Waals surface area contributed by atoms with Crippen LogP contribution < -0.4 is 10.0 Å². The second-order valence-corrected chi connectivity index (χ2v) is 11.4. The summed E-state index contributed by atoms with van der Waals surface area (Å²) < 4.78 is 27.4. The Kier molecular flexibility index (Phi) is 7.22. The monoisotopic (exact) mass is 497 g/mol. The van der Waals surface area contributed by atoms with Gasteiger partial charge in [-0.2, -0.15) is 0 Å². The molecule has 33 heavy (non-hydrogen) atoms. The van der Waals surface area contributed by atoms with Gasteiger partial charge in [-0.25, -0.2) is 13.4 Å². The van der Waals surface area contributed by atoms with E-state index in [-0.39, 0.29) is 16.5 Å². The van der Waals surface area contributed by atoms with Gasteiger partial charge in [0.15, 0.2) is 0 Å². The Morgan fingerprint density at radius 3 is 2.33 bits per heavy atom. The standard InChI is InChI=1S/C24H23N3O3S3/c1-17-26-22(16-32-17)20-8-4-18(5-9-20)12-13-25-23(28)15-19-6-10-21(11-7-19)27-33(29,30)24-3-2-14-31-24/h2-11,14,16,27H,12-13,15H2,1H3,(H,25,28). The van der Waals surface area contributed by atoms with Gasteiger partial charge in [0.05, 0.1) is 17.1 Å². The third kappa shape index (κ3) is 6.28. The number of benzene rings is 2. The van der Waals surface area contributed by atoms with E-state index in [2.05, 4.69) is 44.7 Å². The molecular formula is C24H23N3O3S3. The molecule has 170 valence electrons. The van der Waals surface area contributed by atoms with Gasteiger partial charge in [-0.05, 0) is 48.1 Å². The molecule has 2 heterocycles. The van der Waals surface area contributed by atoms with Crippen LogP contribution in [0.3, 0.4) is 0 Å². The zero-order valence-electron chi connectivity index (χ0n) is 17.9. The van der Waals surface area contributed by atoms with E-state index >= 15 is 0 Å². The van der Waals surface area contributed by atoms with Crippen LogP contribution >= 0.6 is 22.7 Å². The summed E-state index contributed by atoms with van der Waals surface area (Å²) in [5.74, 6) is -0.0727. The third-order valence-electron chi connectivity index (χ3n) is 4.94. The summed E-state index contributed by atoms with van der Waals surface area (Å²) in [5, 5.41) is 7.76. The fraction of sp³-hybridized carbons (Fsp3) is 0.167. The van der Waals surface area contributed by atoms with Gasteiger partial charge in [0.1, 0.15) is 4.21 Å². The van der Waals surface area contributed by atoms with Crippen molar-refractivity contribution in [3.8, 4) is 11.3 Å². The van der Waals surface area contributed by atoms with Crippen molar-refractivity contribution in [2.24, 2.45) is 0 Å². The van der Waals surface area contributed by atoms with E-state index in [0.29, 0.717) is 12.2 Å². The van der Waals surface area contributed by atoms with E-state index in [1.54, 1.807) is 53.1 Å². The van der Waals surface area contributed by atoms with Crippen molar-refractivity contribution in [3.05, 3.63) is 87.6 Å². The van der Waals surface area contributed by atoms with Gasteiger partial charge in [-0.1, -0.05) is 42.5 Å². The molecule has 0 aliphatic carbocycles. The number of nitrogens with one attached hydrogen (secondary N) is 2. The average molecular weight is 498 g/mol. The van der Waals surface area contributed by atoms with Crippen molar-refractivity contribution in [1.29, 1.82) is 0 Å². The summed E-state index contributed by atoms with van der Waals surface area (Å²) in [5.41, 5.74) is 4.50. The van der Waals surface area contributed by atoms with Crippen LogP contribution in [0.15, 0.2) is 75.6 Å². The van der Waals surface area contributed by atoms with E-state index < -0.39 is 10.0 Å². The topological polar surface area (TPSA) is 88.2 Å². The fourth-order valence-electron chi connectivity index (χ4n) is 3.24. The minimum absolute atomic E-state index is 0.0727. The molecule has 0 saturated carbocycles. The maximum atomic E-state index is 12.3. The van der Waals surface area contributed by atoms with Gasteiger partial charge in [-0.15, -0.1) is 22.7 Å². The van der Waals surface area contributed by atoms with Crippen LogP contribution in [0, 0.1) is 6.92 Å². The maximum Gasteiger partial charge on any atom is 0.271 e. The number of thiazole rings is 1. The van der Waals surface area contributed by atoms with Crippen LogP contribution in [0.2, 0.25) is 0 Å². The molecule has 4 rings (SSSR count). The number of sulfonamides is 1. The molecule has 2 aromatic heterocycles. The first-order valence-corrected chi connectivity index (χ1v) is 13.6. The molecule has 1 amide bonds. The van der Waals surface area contributed by atoms with Gasteiger partial charge in [0.25, 0.3) is 10.0 Å². The van der Waals surface area contributed by atoms with Gasteiger partial charge in [0, 0.05) is 23.2 Å². The van der Waals surface area contributed by atoms with Gasteiger partial charge >= 0.3 is 0 Å². The zero-order chi connectivity index (χ0) is 23.3. The van der Waals surface area contributed by atoms with Crippen molar-refractivity contribution < 1.29 is 13.2 Å². The van der Waals surface area contributed by atoms with E-state index in [9.17, 15) is 13.2 Å². The summed E-state index contributed by atoms with van der Waals surface area (Å²) in [6.45, 7) is 2.54. The SMILES string of the molecule is Cc1nc(-c2ccc(CCNC(=O)Cc3ccc(NS(=O)(=O)c4cccs4)cc3)cc2)cs1. The zero-order valence-corrected chi connectivity index (χ0v) is 20.4. The highest BCUT2D eigenvalue weighted by atomic mass is 32.2. The Morgan fingerprint density at radius 1 is 0.970 bits per heavy atom. The number of aryl methyl sites for hydroxylation is 1. The molecule has 0 aliphatic rings. The predicted octanol–water partition coefficient (Wildman–Crippen LogP) is 4.88. The highest BCUT2D eigenvalue weighted by Crippen LogP contribution is 2.22. The molecular weight excluding hydrogens is 474 g/mol. The van der Waals surface area contributed by atoms with Gasteiger partial charge < -0.3 is 5.32 Å². The Balaban J connectivity index is 1.23. The predicted molar refractivity (Wildman–Crippen MR) is 134 cm³/mol. The molecule has 6 nitrogen and oxygen atoms in total. The normalized spacial score (nSPS) is 11.3. The molecule has 0 bridgehead atoms. The van der Waals surface area contributed by atoms with E-state index in [1.165, 1.54) is 0 Å². The first-order chi connectivity index (χ1) is 15.9. The molecule has 0 radical (unpaired) electrons. The smallest absolute Gasteiger partial charge is 0.271 e. The van der Waals surface area contributed by atoms with Crippen molar-refractivity contribution >= 4 is 44.3 Å². The molecule has 4 aromatic rings. The van der Waals surface area contributed by atoms with E-state index in [4.69, 9.17) is 0 Å². The average Bonchev–Trinajstić information content (AvgIpc) is 3.48. The number of carbonyl (C=O) groups is 1.